The van der Waals surface area contributed by atoms with Crippen LogP contribution in [0.25, 0.3) is 0 Å². The van der Waals surface area contributed by atoms with E-state index in [9.17, 15) is 18.0 Å². The summed E-state index contributed by atoms with van der Waals surface area (Å²) < 4.78 is 37.5. The maximum absolute atomic E-state index is 12.5. The molecule has 1 N–H and O–H groups in total. The molecule has 24 heavy (non-hydrogen) atoms. The molecule has 2 heterocycles. The van der Waals surface area contributed by atoms with Crippen molar-refractivity contribution in [2.45, 2.75) is 19.5 Å². The minimum Gasteiger partial charge on any atom is -0.337 e. The molecular formula is C14H20F3N5O2. The standard InChI is InChI=1S/C14H20F3N5O2/c1-2-3-20-24-10-12(23)21-4-6-22(7-5-21)13-18-8-11(9-19-13)14(15,16)17/h8-9,20H,2-7,10H2,1H3. The summed E-state index contributed by atoms with van der Waals surface area (Å²) in [5.74, 6) is 0.0996. The fourth-order valence-corrected chi connectivity index (χ4v) is 2.17. The van der Waals surface area contributed by atoms with Crippen molar-refractivity contribution < 1.29 is 22.8 Å². The fourth-order valence-electron chi connectivity index (χ4n) is 2.17. The number of alkyl halides is 3. The molecule has 134 valence electrons. The highest BCUT2D eigenvalue weighted by molar-refractivity contribution is 5.77. The van der Waals surface area contributed by atoms with Gasteiger partial charge < -0.3 is 9.80 Å². The molecule has 0 atom stereocenters. The highest BCUT2D eigenvalue weighted by Crippen LogP contribution is 2.28. The highest BCUT2D eigenvalue weighted by atomic mass is 19.4. The summed E-state index contributed by atoms with van der Waals surface area (Å²) >= 11 is 0. The largest absolute Gasteiger partial charge is 0.419 e. The smallest absolute Gasteiger partial charge is 0.337 e. The Hall–Kier alpha value is -1.94. The fraction of sp³-hybridized carbons (Fsp3) is 0.643. The molecule has 1 aromatic heterocycles. The molecule has 0 aromatic carbocycles. The van der Waals surface area contributed by atoms with Crippen molar-refractivity contribution in [2.24, 2.45) is 0 Å². The first-order chi connectivity index (χ1) is 11.4. The Bertz CT molecular complexity index is 530. The van der Waals surface area contributed by atoms with Gasteiger partial charge in [-0.2, -0.15) is 13.2 Å². The average Bonchev–Trinajstić information content (AvgIpc) is 2.58. The van der Waals surface area contributed by atoms with Crippen LogP contribution in [0.2, 0.25) is 0 Å². The van der Waals surface area contributed by atoms with Crippen molar-refractivity contribution in [1.82, 2.24) is 20.3 Å². The Balaban J connectivity index is 1.81. The predicted octanol–water partition coefficient (Wildman–Crippen LogP) is 1.08. The van der Waals surface area contributed by atoms with Crippen LogP contribution in [0, 0.1) is 0 Å². The Morgan fingerprint density at radius 1 is 1.25 bits per heavy atom. The molecule has 0 radical (unpaired) electrons. The van der Waals surface area contributed by atoms with Crippen LogP contribution >= 0.6 is 0 Å². The van der Waals surface area contributed by atoms with Crippen LogP contribution in [-0.2, 0) is 15.8 Å². The lowest BCUT2D eigenvalue weighted by Gasteiger charge is -2.34. The van der Waals surface area contributed by atoms with E-state index in [1.807, 2.05) is 6.92 Å². The molecule has 1 aliphatic heterocycles. The minimum absolute atomic E-state index is 0.0449. The summed E-state index contributed by atoms with van der Waals surface area (Å²) in [5, 5.41) is 0. The second kappa shape index (κ2) is 8.25. The van der Waals surface area contributed by atoms with E-state index in [2.05, 4.69) is 15.4 Å². The first-order valence-corrected chi connectivity index (χ1v) is 7.68. The topological polar surface area (TPSA) is 70.6 Å². The van der Waals surface area contributed by atoms with Gasteiger partial charge in [0, 0.05) is 45.1 Å². The number of amides is 1. The zero-order valence-electron chi connectivity index (χ0n) is 13.3. The van der Waals surface area contributed by atoms with E-state index in [1.165, 1.54) is 0 Å². The lowest BCUT2D eigenvalue weighted by atomic mass is 10.3. The SMILES string of the molecule is CCCNOCC(=O)N1CCN(c2ncc(C(F)(F)F)cn2)CC1. The van der Waals surface area contributed by atoms with Gasteiger partial charge in [0.2, 0.25) is 5.95 Å². The number of nitrogens with zero attached hydrogens (tertiary/aromatic N) is 4. The molecule has 1 aromatic rings. The number of nitrogens with one attached hydrogen (secondary N) is 1. The summed E-state index contributed by atoms with van der Waals surface area (Å²) in [5.41, 5.74) is 1.81. The van der Waals surface area contributed by atoms with Gasteiger partial charge in [0.15, 0.2) is 0 Å². The van der Waals surface area contributed by atoms with Crippen LogP contribution in [0.15, 0.2) is 12.4 Å². The number of halogens is 3. The zero-order valence-corrected chi connectivity index (χ0v) is 13.3. The number of hydrogen-bond donors (Lipinski definition) is 1. The van der Waals surface area contributed by atoms with Gasteiger partial charge in [-0.3, -0.25) is 9.63 Å². The van der Waals surface area contributed by atoms with Crippen LogP contribution in [0.4, 0.5) is 19.1 Å². The van der Waals surface area contributed by atoms with Gasteiger partial charge in [0.05, 0.1) is 5.56 Å². The van der Waals surface area contributed by atoms with Crippen LogP contribution in [0.1, 0.15) is 18.9 Å². The monoisotopic (exact) mass is 347 g/mol. The Kier molecular flexibility index (Phi) is 6.32. The summed E-state index contributed by atoms with van der Waals surface area (Å²) in [6, 6.07) is 0. The third-order valence-corrected chi connectivity index (χ3v) is 3.53. The van der Waals surface area contributed by atoms with Crippen molar-refractivity contribution in [3.8, 4) is 0 Å². The molecule has 1 fully saturated rings. The number of piperazine rings is 1. The van der Waals surface area contributed by atoms with Crippen molar-refractivity contribution >= 4 is 11.9 Å². The number of carbonyl (C=O) groups is 1. The van der Waals surface area contributed by atoms with Gasteiger partial charge >= 0.3 is 6.18 Å². The quantitative estimate of drug-likeness (QED) is 0.613. The van der Waals surface area contributed by atoms with Gasteiger partial charge in [-0.05, 0) is 6.42 Å². The maximum Gasteiger partial charge on any atom is 0.419 e. The van der Waals surface area contributed by atoms with Crippen molar-refractivity contribution in [3.63, 3.8) is 0 Å². The molecule has 0 saturated carbocycles. The highest BCUT2D eigenvalue weighted by Gasteiger charge is 2.32. The molecule has 0 bridgehead atoms. The molecular weight excluding hydrogens is 327 g/mol. The van der Waals surface area contributed by atoms with Gasteiger partial charge in [-0.15, -0.1) is 0 Å². The minimum atomic E-state index is -4.45. The second-order valence-corrected chi connectivity index (χ2v) is 5.32. The Morgan fingerprint density at radius 2 is 1.88 bits per heavy atom. The van der Waals surface area contributed by atoms with Gasteiger partial charge in [0.1, 0.15) is 6.61 Å². The first-order valence-electron chi connectivity index (χ1n) is 7.68. The van der Waals surface area contributed by atoms with Crippen molar-refractivity contribution in [3.05, 3.63) is 18.0 Å². The van der Waals surface area contributed by atoms with Crippen LogP contribution in [0.3, 0.4) is 0 Å². The van der Waals surface area contributed by atoms with E-state index in [-0.39, 0.29) is 18.5 Å². The van der Waals surface area contributed by atoms with Gasteiger partial charge in [-0.25, -0.2) is 15.4 Å². The lowest BCUT2D eigenvalue weighted by molar-refractivity contribution is -0.139. The summed E-state index contributed by atoms with van der Waals surface area (Å²) in [4.78, 5) is 27.9. The van der Waals surface area contributed by atoms with Crippen molar-refractivity contribution in [1.29, 1.82) is 0 Å². The van der Waals surface area contributed by atoms with E-state index in [1.54, 1.807) is 9.80 Å². The number of hydroxylamine groups is 1. The van der Waals surface area contributed by atoms with Crippen LogP contribution in [-0.4, -0.2) is 60.1 Å². The molecule has 0 aliphatic carbocycles. The van der Waals surface area contributed by atoms with Gasteiger partial charge in [-0.1, -0.05) is 6.92 Å². The summed E-state index contributed by atoms with van der Waals surface area (Å²) in [6.07, 6.45) is -2.00. The first kappa shape index (κ1) is 18.4. The molecule has 0 spiro atoms. The molecule has 1 amide bonds. The number of hydrogen-bond acceptors (Lipinski definition) is 6. The molecule has 10 heteroatoms. The van der Waals surface area contributed by atoms with Crippen LogP contribution < -0.4 is 10.4 Å². The van der Waals surface area contributed by atoms with E-state index >= 15 is 0 Å². The summed E-state index contributed by atoms with van der Waals surface area (Å²) in [7, 11) is 0. The second-order valence-electron chi connectivity index (χ2n) is 5.32. The average molecular weight is 347 g/mol. The van der Waals surface area contributed by atoms with E-state index in [4.69, 9.17) is 4.84 Å². The molecule has 2 rings (SSSR count). The number of carbonyl (C=O) groups excluding carboxylic acids is 1. The Morgan fingerprint density at radius 3 is 2.42 bits per heavy atom. The normalized spacial score (nSPS) is 15.7. The zero-order chi connectivity index (χ0) is 17.6. The third-order valence-electron chi connectivity index (χ3n) is 3.53. The number of aromatic nitrogens is 2. The van der Waals surface area contributed by atoms with Crippen molar-refractivity contribution in [2.75, 3.05) is 44.2 Å². The van der Waals surface area contributed by atoms with E-state index in [0.29, 0.717) is 32.7 Å². The Labute approximate surface area is 137 Å². The third kappa shape index (κ3) is 5.03. The lowest BCUT2D eigenvalue weighted by Crippen LogP contribution is -2.50. The maximum atomic E-state index is 12.5. The molecule has 1 saturated heterocycles. The van der Waals surface area contributed by atoms with Crippen LogP contribution in [0.5, 0.6) is 0 Å². The van der Waals surface area contributed by atoms with Gasteiger partial charge in [0.25, 0.3) is 5.91 Å². The van der Waals surface area contributed by atoms with E-state index < -0.39 is 11.7 Å². The number of rotatable bonds is 6. The molecule has 1 aliphatic rings. The van der Waals surface area contributed by atoms with E-state index in [0.717, 1.165) is 18.8 Å². The molecule has 7 nitrogen and oxygen atoms in total. The molecule has 0 unspecified atom stereocenters. The predicted molar refractivity (Wildman–Crippen MR) is 80.1 cm³/mol. The summed E-state index contributed by atoms with van der Waals surface area (Å²) in [6.45, 7) is 4.42. The number of anilines is 1.